The first kappa shape index (κ1) is 19.8. The van der Waals surface area contributed by atoms with Gasteiger partial charge in [0, 0.05) is 16.9 Å². The predicted molar refractivity (Wildman–Crippen MR) is 119 cm³/mol. The Kier molecular flexibility index (Phi) is 6.20. The molecule has 2 heterocycles. The van der Waals surface area contributed by atoms with E-state index in [0.29, 0.717) is 31.2 Å². The monoisotopic (exact) mass is 418 g/mol. The summed E-state index contributed by atoms with van der Waals surface area (Å²) in [5, 5.41) is 9.79. The van der Waals surface area contributed by atoms with Crippen molar-refractivity contribution in [3.05, 3.63) is 82.6 Å². The van der Waals surface area contributed by atoms with Crippen molar-refractivity contribution < 1.29 is 9.53 Å². The molecule has 1 N–H and O–H groups in total. The molecule has 0 radical (unpaired) electrons. The van der Waals surface area contributed by atoms with Crippen LogP contribution in [0.15, 0.2) is 72.1 Å². The third-order valence-electron chi connectivity index (χ3n) is 4.66. The second kappa shape index (κ2) is 9.37. The van der Waals surface area contributed by atoms with Crippen molar-refractivity contribution in [2.45, 2.75) is 19.4 Å². The number of rotatable bonds is 8. The van der Waals surface area contributed by atoms with Gasteiger partial charge >= 0.3 is 0 Å². The van der Waals surface area contributed by atoms with E-state index in [-0.39, 0.29) is 5.91 Å². The molecule has 30 heavy (non-hydrogen) atoms. The van der Waals surface area contributed by atoms with Gasteiger partial charge in [-0.2, -0.15) is 9.67 Å². The molecule has 0 fully saturated rings. The molecule has 0 aliphatic rings. The van der Waals surface area contributed by atoms with Gasteiger partial charge in [0.25, 0.3) is 0 Å². The first-order valence-electron chi connectivity index (χ1n) is 9.68. The molecule has 0 aliphatic carbocycles. The Hall–Kier alpha value is -3.45. The highest BCUT2D eigenvalue weighted by molar-refractivity contribution is 7.09. The minimum atomic E-state index is -0.0974. The second-order valence-corrected chi connectivity index (χ2v) is 7.74. The van der Waals surface area contributed by atoms with Crippen LogP contribution in [0.2, 0.25) is 0 Å². The zero-order valence-corrected chi connectivity index (χ0v) is 17.4. The molecule has 0 saturated carbocycles. The van der Waals surface area contributed by atoms with Crippen LogP contribution in [0.5, 0.6) is 5.75 Å². The van der Waals surface area contributed by atoms with E-state index in [1.807, 2.05) is 72.1 Å². The van der Waals surface area contributed by atoms with Crippen LogP contribution in [-0.2, 0) is 13.0 Å². The van der Waals surface area contributed by atoms with Gasteiger partial charge in [0.2, 0.25) is 11.9 Å². The van der Waals surface area contributed by atoms with E-state index >= 15 is 0 Å². The standard InChI is InChI=1S/C23H22N4O2S/c1-29-19-12-10-18(11-13-19)22-25-23(24-16-20-8-5-15-30-20)27(26-22)21(28)14-9-17-6-3-2-4-7-17/h2-8,10-13,15H,9,14,16H2,1H3,(H,24,25,26). The lowest BCUT2D eigenvalue weighted by molar-refractivity contribution is 0.0890. The lowest BCUT2D eigenvalue weighted by Crippen LogP contribution is -2.17. The number of aromatic nitrogens is 3. The van der Waals surface area contributed by atoms with Gasteiger partial charge in [0.05, 0.1) is 13.7 Å². The average Bonchev–Trinajstić information content (AvgIpc) is 3.47. The number of nitrogens with one attached hydrogen (secondary N) is 1. The summed E-state index contributed by atoms with van der Waals surface area (Å²) < 4.78 is 6.60. The topological polar surface area (TPSA) is 69.0 Å². The van der Waals surface area contributed by atoms with E-state index in [1.54, 1.807) is 18.4 Å². The van der Waals surface area contributed by atoms with Crippen molar-refractivity contribution in [1.82, 2.24) is 14.8 Å². The van der Waals surface area contributed by atoms with Gasteiger partial charge in [-0.05, 0) is 47.7 Å². The van der Waals surface area contributed by atoms with Crippen LogP contribution in [0.25, 0.3) is 11.4 Å². The quantitative estimate of drug-likeness (QED) is 0.441. The van der Waals surface area contributed by atoms with Gasteiger partial charge in [0.15, 0.2) is 5.82 Å². The van der Waals surface area contributed by atoms with E-state index in [2.05, 4.69) is 15.4 Å². The molecule has 0 atom stereocenters. The SMILES string of the molecule is COc1ccc(-c2nc(NCc3cccs3)n(C(=O)CCc3ccccc3)n2)cc1. The molecule has 152 valence electrons. The van der Waals surface area contributed by atoms with Gasteiger partial charge in [-0.1, -0.05) is 36.4 Å². The van der Waals surface area contributed by atoms with Crippen molar-refractivity contribution in [1.29, 1.82) is 0 Å². The summed E-state index contributed by atoms with van der Waals surface area (Å²) in [5.41, 5.74) is 1.94. The number of nitrogens with zero attached hydrogens (tertiary/aromatic N) is 3. The minimum absolute atomic E-state index is 0.0974. The van der Waals surface area contributed by atoms with Gasteiger partial charge in [0.1, 0.15) is 5.75 Å². The lowest BCUT2D eigenvalue weighted by Gasteiger charge is -2.06. The smallest absolute Gasteiger partial charge is 0.250 e. The van der Waals surface area contributed by atoms with E-state index in [1.165, 1.54) is 4.68 Å². The maximum absolute atomic E-state index is 12.9. The summed E-state index contributed by atoms with van der Waals surface area (Å²) in [6, 6.07) is 21.5. The molecule has 4 aromatic rings. The van der Waals surface area contributed by atoms with Crippen LogP contribution in [0.4, 0.5) is 5.95 Å². The summed E-state index contributed by atoms with van der Waals surface area (Å²) in [6.07, 6.45) is 1.00. The molecule has 0 unspecified atom stereocenters. The van der Waals surface area contributed by atoms with Crippen LogP contribution >= 0.6 is 11.3 Å². The molecular weight excluding hydrogens is 396 g/mol. The molecule has 2 aromatic carbocycles. The molecule has 0 bridgehead atoms. The number of ether oxygens (including phenoxy) is 1. The van der Waals surface area contributed by atoms with Gasteiger partial charge in [-0.25, -0.2) is 0 Å². The number of methoxy groups -OCH3 is 1. The number of benzene rings is 2. The molecule has 7 heteroatoms. The summed E-state index contributed by atoms with van der Waals surface area (Å²) >= 11 is 1.65. The molecule has 4 rings (SSSR count). The maximum Gasteiger partial charge on any atom is 0.250 e. The Bertz CT molecular complexity index is 1090. The van der Waals surface area contributed by atoms with Crippen molar-refractivity contribution in [3.63, 3.8) is 0 Å². The van der Waals surface area contributed by atoms with Crippen LogP contribution < -0.4 is 10.1 Å². The van der Waals surface area contributed by atoms with Gasteiger partial charge in [-0.3, -0.25) is 4.79 Å². The molecule has 0 amide bonds. The summed E-state index contributed by atoms with van der Waals surface area (Å²) in [4.78, 5) is 18.7. The van der Waals surface area contributed by atoms with Crippen molar-refractivity contribution in [2.75, 3.05) is 12.4 Å². The highest BCUT2D eigenvalue weighted by Crippen LogP contribution is 2.22. The van der Waals surface area contributed by atoms with Crippen LogP contribution in [-0.4, -0.2) is 27.8 Å². The zero-order valence-electron chi connectivity index (χ0n) is 16.6. The van der Waals surface area contributed by atoms with E-state index in [4.69, 9.17) is 4.74 Å². The molecule has 0 saturated heterocycles. The summed E-state index contributed by atoms with van der Waals surface area (Å²) in [6.45, 7) is 0.588. The van der Waals surface area contributed by atoms with Crippen LogP contribution in [0, 0.1) is 0 Å². The summed E-state index contributed by atoms with van der Waals surface area (Å²) in [5.74, 6) is 1.61. The first-order valence-corrected chi connectivity index (χ1v) is 10.6. The predicted octanol–water partition coefficient (Wildman–Crippen LogP) is 4.90. The Labute approximate surface area is 179 Å². The Balaban J connectivity index is 1.56. The number of carbonyl (C=O) groups excluding carboxylic acids is 1. The minimum Gasteiger partial charge on any atom is -0.497 e. The zero-order chi connectivity index (χ0) is 20.8. The average molecular weight is 419 g/mol. The van der Waals surface area contributed by atoms with Crippen LogP contribution in [0.3, 0.4) is 0 Å². The highest BCUT2D eigenvalue weighted by Gasteiger charge is 2.17. The summed E-state index contributed by atoms with van der Waals surface area (Å²) in [7, 11) is 1.62. The second-order valence-electron chi connectivity index (χ2n) is 6.71. The van der Waals surface area contributed by atoms with Crippen LogP contribution in [0.1, 0.15) is 21.7 Å². The Morgan fingerprint density at radius 2 is 1.87 bits per heavy atom. The Morgan fingerprint density at radius 1 is 1.07 bits per heavy atom. The first-order chi connectivity index (χ1) is 14.7. The lowest BCUT2D eigenvalue weighted by atomic mass is 10.1. The molecule has 6 nitrogen and oxygen atoms in total. The molecule has 2 aromatic heterocycles. The number of aryl methyl sites for hydroxylation is 1. The third-order valence-corrected chi connectivity index (χ3v) is 5.54. The van der Waals surface area contributed by atoms with Crippen molar-refractivity contribution >= 4 is 23.2 Å². The number of carbonyl (C=O) groups is 1. The fourth-order valence-electron chi connectivity index (χ4n) is 3.04. The van der Waals surface area contributed by atoms with Gasteiger partial charge < -0.3 is 10.1 Å². The Morgan fingerprint density at radius 3 is 2.57 bits per heavy atom. The van der Waals surface area contributed by atoms with E-state index in [0.717, 1.165) is 21.8 Å². The van der Waals surface area contributed by atoms with Crippen molar-refractivity contribution in [2.24, 2.45) is 0 Å². The van der Waals surface area contributed by atoms with Crippen molar-refractivity contribution in [3.8, 4) is 17.1 Å². The van der Waals surface area contributed by atoms with E-state index < -0.39 is 0 Å². The maximum atomic E-state index is 12.9. The molecular formula is C23H22N4O2S. The highest BCUT2D eigenvalue weighted by atomic mass is 32.1. The van der Waals surface area contributed by atoms with E-state index in [9.17, 15) is 4.79 Å². The van der Waals surface area contributed by atoms with Gasteiger partial charge in [-0.15, -0.1) is 16.4 Å². The molecule has 0 spiro atoms. The molecule has 0 aliphatic heterocycles. The number of anilines is 1. The number of hydrogen-bond donors (Lipinski definition) is 1. The fourth-order valence-corrected chi connectivity index (χ4v) is 3.69. The number of hydrogen-bond acceptors (Lipinski definition) is 6. The number of thiophene rings is 1. The fraction of sp³-hybridized carbons (Fsp3) is 0.174. The third kappa shape index (κ3) is 4.75. The normalized spacial score (nSPS) is 10.7. The largest absolute Gasteiger partial charge is 0.497 e.